The second kappa shape index (κ2) is 8.41. The highest BCUT2D eigenvalue weighted by atomic mass is 32.2. The molecule has 0 radical (unpaired) electrons. The Labute approximate surface area is 106 Å². The highest BCUT2D eigenvalue weighted by molar-refractivity contribution is 7.99. The smallest absolute Gasteiger partial charge is 0.0160 e. The first-order valence-corrected chi connectivity index (χ1v) is 8.16. The summed E-state index contributed by atoms with van der Waals surface area (Å²) in [7, 11) is 0. The van der Waals surface area contributed by atoms with E-state index in [2.05, 4.69) is 37.8 Å². The van der Waals surface area contributed by atoms with E-state index in [-0.39, 0.29) is 0 Å². The van der Waals surface area contributed by atoms with Crippen molar-refractivity contribution in [3.63, 3.8) is 0 Å². The van der Waals surface area contributed by atoms with E-state index in [9.17, 15) is 0 Å². The van der Waals surface area contributed by atoms with Crippen LogP contribution in [0, 0.1) is 5.92 Å². The van der Waals surface area contributed by atoms with Crippen LogP contribution in [0.25, 0.3) is 0 Å². The Kier molecular flexibility index (Phi) is 7.55. The molecule has 1 N–H and O–H groups in total. The van der Waals surface area contributed by atoms with Gasteiger partial charge in [-0.1, -0.05) is 46.5 Å². The lowest BCUT2D eigenvalue weighted by atomic mass is 9.99. The van der Waals surface area contributed by atoms with E-state index in [1.165, 1.54) is 44.3 Å². The average molecular weight is 243 g/mol. The van der Waals surface area contributed by atoms with Crippen LogP contribution in [-0.2, 0) is 0 Å². The van der Waals surface area contributed by atoms with Crippen molar-refractivity contribution >= 4 is 11.8 Å². The Morgan fingerprint density at radius 3 is 2.50 bits per heavy atom. The van der Waals surface area contributed by atoms with Crippen molar-refractivity contribution in [3.05, 3.63) is 0 Å². The summed E-state index contributed by atoms with van der Waals surface area (Å²) in [6, 6.07) is 0.757. The Bertz CT molecular complexity index is 166. The predicted molar refractivity (Wildman–Crippen MR) is 76.3 cm³/mol. The molecule has 0 heterocycles. The summed E-state index contributed by atoms with van der Waals surface area (Å²) in [5.74, 6) is 2.32. The van der Waals surface area contributed by atoms with E-state index < -0.39 is 0 Å². The minimum Gasteiger partial charge on any atom is -0.313 e. The van der Waals surface area contributed by atoms with Crippen LogP contribution in [0.15, 0.2) is 0 Å². The number of hydrogen-bond donors (Lipinski definition) is 1. The molecule has 2 unspecified atom stereocenters. The Hall–Kier alpha value is 0.310. The van der Waals surface area contributed by atoms with E-state index in [0.717, 1.165) is 23.8 Å². The van der Waals surface area contributed by atoms with Crippen LogP contribution in [0.3, 0.4) is 0 Å². The summed E-state index contributed by atoms with van der Waals surface area (Å²) >= 11 is 2.15. The lowest BCUT2D eigenvalue weighted by Gasteiger charge is -2.22. The molecule has 0 aromatic carbocycles. The van der Waals surface area contributed by atoms with Crippen LogP contribution in [0.1, 0.15) is 59.3 Å². The SMILES string of the molecule is CCNC(CSC(C)CC)CC1CCCC1. The van der Waals surface area contributed by atoms with Crippen LogP contribution in [0.5, 0.6) is 0 Å². The maximum atomic E-state index is 3.67. The van der Waals surface area contributed by atoms with Gasteiger partial charge in [0.05, 0.1) is 0 Å². The molecule has 0 aliphatic heterocycles. The van der Waals surface area contributed by atoms with Crippen molar-refractivity contribution in [2.45, 2.75) is 70.6 Å². The van der Waals surface area contributed by atoms with Gasteiger partial charge in [-0.25, -0.2) is 0 Å². The van der Waals surface area contributed by atoms with Crippen molar-refractivity contribution in [1.82, 2.24) is 5.32 Å². The van der Waals surface area contributed by atoms with E-state index in [4.69, 9.17) is 0 Å². The van der Waals surface area contributed by atoms with Gasteiger partial charge < -0.3 is 5.32 Å². The summed E-state index contributed by atoms with van der Waals surface area (Å²) in [6.45, 7) is 7.99. The second-order valence-electron chi connectivity index (χ2n) is 5.19. The molecule has 1 nitrogen and oxygen atoms in total. The van der Waals surface area contributed by atoms with E-state index in [1.807, 2.05) is 0 Å². The molecule has 96 valence electrons. The molecule has 1 fully saturated rings. The zero-order valence-corrected chi connectivity index (χ0v) is 12.1. The molecule has 0 aromatic heterocycles. The fourth-order valence-electron chi connectivity index (χ4n) is 2.55. The molecule has 0 amide bonds. The first kappa shape index (κ1) is 14.4. The molecule has 0 saturated heterocycles. The Morgan fingerprint density at radius 1 is 1.25 bits per heavy atom. The maximum Gasteiger partial charge on any atom is 0.0160 e. The van der Waals surface area contributed by atoms with Crippen molar-refractivity contribution < 1.29 is 0 Å². The highest BCUT2D eigenvalue weighted by Gasteiger charge is 2.20. The van der Waals surface area contributed by atoms with Crippen LogP contribution in [-0.4, -0.2) is 23.6 Å². The van der Waals surface area contributed by atoms with Crippen LogP contribution < -0.4 is 5.32 Å². The van der Waals surface area contributed by atoms with Crippen LogP contribution in [0.2, 0.25) is 0 Å². The van der Waals surface area contributed by atoms with Gasteiger partial charge in [-0.2, -0.15) is 11.8 Å². The van der Waals surface area contributed by atoms with Crippen LogP contribution >= 0.6 is 11.8 Å². The normalized spacial score (nSPS) is 21.2. The molecule has 2 atom stereocenters. The molecule has 1 saturated carbocycles. The third kappa shape index (κ3) is 5.58. The lowest BCUT2D eigenvalue weighted by Crippen LogP contribution is -2.33. The van der Waals surface area contributed by atoms with E-state index >= 15 is 0 Å². The fraction of sp³-hybridized carbons (Fsp3) is 1.00. The molecule has 0 aromatic rings. The molecule has 0 spiro atoms. The standard InChI is InChI=1S/C14H29NS/c1-4-12(3)16-11-14(15-5-2)10-13-8-6-7-9-13/h12-15H,4-11H2,1-3H3. The lowest BCUT2D eigenvalue weighted by molar-refractivity contribution is 0.415. The minimum absolute atomic E-state index is 0.757. The topological polar surface area (TPSA) is 12.0 Å². The van der Waals surface area contributed by atoms with Gasteiger partial charge in [0.15, 0.2) is 0 Å². The third-order valence-corrected chi connectivity index (χ3v) is 5.24. The second-order valence-corrected chi connectivity index (χ2v) is 6.66. The molecule has 2 heteroatoms. The summed E-state index contributed by atoms with van der Waals surface area (Å²) in [6.07, 6.45) is 8.63. The first-order chi connectivity index (χ1) is 7.76. The average Bonchev–Trinajstić information content (AvgIpc) is 2.78. The van der Waals surface area contributed by atoms with Crippen LogP contribution in [0.4, 0.5) is 0 Å². The predicted octanol–water partition coefficient (Wildman–Crippen LogP) is 4.08. The zero-order chi connectivity index (χ0) is 11.8. The van der Waals surface area contributed by atoms with Crippen molar-refractivity contribution in [3.8, 4) is 0 Å². The van der Waals surface area contributed by atoms with Crippen molar-refractivity contribution in [2.24, 2.45) is 5.92 Å². The number of nitrogens with one attached hydrogen (secondary N) is 1. The van der Waals surface area contributed by atoms with Crippen molar-refractivity contribution in [2.75, 3.05) is 12.3 Å². The molecule has 1 aliphatic rings. The van der Waals surface area contributed by atoms with Gasteiger partial charge in [0, 0.05) is 17.0 Å². The quantitative estimate of drug-likeness (QED) is 0.689. The first-order valence-electron chi connectivity index (χ1n) is 7.11. The molecule has 1 rings (SSSR count). The van der Waals surface area contributed by atoms with Gasteiger partial charge in [-0.05, 0) is 25.3 Å². The molecule has 0 bridgehead atoms. The van der Waals surface area contributed by atoms with Gasteiger partial charge in [-0.15, -0.1) is 0 Å². The van der Waals surface area contributed by atoms with Gasteiger partial charge in [0.25, 0.3) is 0 Å². The maximum absolute atomic E-state index is 3.67. The van der Waals surface area contributed by atoms with Gasteiger partial charge in [0.1, 0.15) is 0 Å². The summed E-state index contributed by atoms with van der Waals surface area (Å²) in [5, 5.41) is 4.49. The number of rotatable bonds is 8. The monoisotopic (exact) mass is 243 g/mol. The summed E-state index contributed by atoms with van der Waals surface area (Å²) < 4.78 is 0. The van der Waals surface area contributed by atoms with E-state index in [1.54, 1.807) is 0 Å². The zero-order valence-electron chi connectivity index (χ0n) is 11.3. The van der Waals surface area contributed by atoms with E-state index in [0.29, 0.717) is 0 Å². The van der Waals surface area contributed by atoms with Gasteiger partial charge >= 0.3 is 0 Å². The highest BCUT2D eigenvalue weighted by Crippen LogP contribution is 2.29. The largest absolute Gasteiger partial charge is 0.313 e. The molecular formula is C14H29NS. The Morgan fingerprint density at radius 2 is 1.94 bits per heavy atom. The molecular weight excluding hydrogens is 214 g/mol. The summed E-state index contributed by atoms with van der Waals surface area (Å²) in [4.78, 5) is 0. The third-order valence-electron chi connectivity index (χ3n) is 3.74. The molecule has 1 aliphatic carbocycles. The van der Waals surface area contributed by atoms with Gasteiger partial charge in [0.2, 0.25) is 0 Å². The number of hydrogen-bond acceptors (Lipinski definition) is 2. The minimum atomic E-state index is 0.757. The Balaban J connectivity index is 2.22. The summed E-state index contributed by atoms with van der Waals surface area (Å²) in [5.41, 5.74) is 0. The van der Waals surface area contributed by atoms with Crippen molar-refractivity contribution in [1.29, 1.82) is 0 Å². The number of thioether (sulfide) groups is 1. The fourth-order valence-corrected chi connectivity index (χ4v) is 3.60. The van der Waals surface area contributed by atoms with Gasteiger partial charge in [-0.3, -0.25) is 0 Å². The molecule has 16 heavy (non-hydrogen) atoms.